The van der Waals surface area contributed by atoms with Crippen molar-refractivity contribution in [3.8, 4) is 11.5 Å². The Morgan fingerprint density at radius 1 is 1.22 bits per heavy atom. The molecule has 0 saturated heterocycles. The molecule has 14 heteroatoms. The van der Waals surface area contributed by atoms with E-state index in [1.165, 1.54) is 18.5 Å². The number of nitrogens with two attached hydrogens (primary N) is 1. The highest BCUT2D eigenvalue weighted by molar-refractivity contribution is 7.91. The first-order chi connectivity index (χ1) is 14.8. The number of hydrogen-bond acceptors (Lipinski definition) is 7. The van der Waals surface area contributed by atoms with E-state index in [0.29, 0.717) is 5.82 Å². The number of benzene rings is 1. The van der Waals surface area contributed by atoms with E-state index in [4.69, 9.17) is 5.73 Å². The fourth-order valence-electron chi connectivity index (χ4n) is 3.27. The molecule has 2 aliphatic rings. The number of fused-ring (bicyclic) bond motifs is 1. The van der Waals surface area contributed by atoms with Crippen molar-refractivity contribution in [1.29, 1.82) is 0 Å². The molecule has 1 saturated carbocycles. The number of amides is 1. The smallest absolute Gasteiger partial charge is 0.421 e. The highest BCUT2D eigenvalue weighted by atomic mass is 32.2. The first-order valence-corrected chi connectivity index (χ1v) is 11.1. The summed E-state index contributed by atoms with van der Waals surface area (Å²) in [6, 6.07) is 1.57. The van der Waals surface area contributed by atoms with Gasteiger partial charge in [-0.3, -0.25) is 4.79 Å². The van der Waals surface area contributed by atoms with Crippen LogP contribution in [-0.2, 0) is 16.9 Å². The molecule has 1 aromatic carbocycles. The van der Waals surface area contributed by atoms with Gasteiger partial charge >= 0.3 is 12.2 Å². The first-order valence-electron chi connectivity index (χ1n) is 9.45. The van der Waals surface area contributed by atoms with E-state index < -0.39 is 39.5 Å². The van der Waals surface area contributed by atoms with Crippen LogP contribution in [0.1, 0.15) is 42.0 Å². The van der Waals surface area contributed by atoms with Gasteiger partial charge in [-0.2, -0.15) is 17.6 Å². The summed E-state index contributed by atoms with van der Waals surface area (Å²) in [5, 5.41) is 2.00. The number of ether oxygens (including phenoxy) is 2. The predicted molar refractivity (Wildman–Crippen MR) is 103 cm³/mol. The molecule has 0 radical (unpaired) electrons. The standard InChI is InChI=1S/C18H18F4N4O5S/c1-3-32(28,29)16-13(25-14(26(16)2)8-4-5-8)15(27)24-10-7-12-11(6-9(10)23)30-17(19,20)18(21,22)31-12/h6-8H,3-5,23H2,1-2H3,(H,24,27). The number of nitrogens with one attached hydrogen (secondary N) is 1. The minimum absolute atomic E-state index is 0.0237. The van der Waals surface area contributed by atoms with Gasteiger partial charge in [0, 0.05) is 25.1 Å². The van der Waals surface area contributed by atoms with Gasteiger partial charge in [0.15, 0.2) is 32.1 Å². The molecule has 1 fully saturated rings. The molecule has 0 unspecified atom stereocenters. The molecule has 0 spiro atoms. The van der Waals surface area contributed by atoms with Crippen molar-refractivity contribution in [2.45, 2.75) is 42.9 Å². The van der Waals surface area contributed by atoms with Gasteiger partial charge in [-0.25, -0.2) is 13.4 Å². The van der Waals surface area contributed by atoms with E-state index in [-0.39, 0.29) is 33.8 Å². The molecule has 1 amide bonds. The lowest BCUT2D eigenvalue weighted by Gasteiger charge is -2.32. The summed E-state index contributed by atoms with van der Waals surface area (Å²) in [6.45, 7) is 1.41. The molecule has 0 bridgehead atoms. The summed E-state index contributed by atoms with van der Waals surface area (Å²) in [7, 11) is -2.37. The van der Waals surface area contributed by atoms with Crippen LogP contribution in [0.25, 0.3) is 0 Å². The molecular weight excluding hydrogens is 460 g/mol. The maximum absolute atomic E-state index is 13.5. The van der Waals surface area contributed by atoms with E-state index in [9.17, 15) is 30.8 Å². The number of anilines is 2. The second-order valence-corrected chi connectivity index (χ2v) is 9.63. The summed E-state index contributed by atoms with van der Waals surface area (Å²) in [5.41, 5.74) is 4.77. The Morgan fingerprint density at radius 2 is 1.78 bits per heavy atom. The van der Waals surface area contributed by atoms with Crippen LogP contribution in [0, 0.1) is 0 Å². The third-order valence-corrected chi connectivity index (χ3v) is 6.91. The molecule has 1 aliphatic carbocycles. The Balaban J connectivity index is 1.71. The van der Waals surface area contributed by atoms with Crippen LogP contribution in [0.3, 0.4) is 0 Å². The number of aromatic nitrogens is 2. The molecule has 9 nitrogen and oxygen atoms in total. The summed E-state index contributed by atoms with van der Waals surface area (Å²) < 4.78 is 88.2. The summed E-state index contributed by atoms with van der Waals surface area (Å²) in [4.78, 5) is 17.1. The summed E-state index contributed by atoms with van der Waals surface area (Å²) >= 11 is 0. The van der Waals surface area contributed by atoms with Gasteiger partial charge < -0.3 is 25.1 Å². The molecule has 32 heavy (non-hydrogen) atoms. The molecule has 174 valence electrons. The lowest BCUT2D eigenvalue weighted by atomic mass is 10.2. The number of alkyl halides is 4. The molecule has 2 aromatic rings. The van der Waals surface area contributed by atoms with Gasteiger partial charge in [-0.1, -0.05) is 6.92 Å². The van der Waals surface area contributed by atoms with Crippen molar-refractivity contribution < 1.29 is 40.2 Å². The van der Waals surface area contributed by atoms with Crippen molar-refractivity contribution in [1.82, 2.24) is 9.55 Å². The predicted octanol–water partition coefficient (Wildman–Crippen LogP) is 2.88. The van der Waals surface area contributed by atoms with Crippen molar-refractivity contribution in [3.05, 3.63) is 23.7 Å². The Hall–Kier alpha value is -3.03. The molecule has 3 N–H and O–H groups in total. The minimum atomic E-state index is -4.96. The van der Waals surface area contributed by atoms with E-state index >= 15 is 0 Å². The number of nitrogen functional groups attached to an aromatic ring is 1. The molecule has 4 rings (SSSR count). The number of imidazole rings is 1. The minimum Gasteiger partial charge on any atom is -0.421 e. The maximum Gasteiger partial charge on any atom is 0.507 e. The third kappa shape index (κ3) is 3.51. The zero-order valence-corrected chi connectivity index (χ0v) is 17.6. The zero-order valence-electron chi connectivity index (χ0n) is 16.8. The number of hydrogen-bond donors (Lipinski definition) is 2. The van der Waals surface area contributed by atoms with E-state index in [0.717, 1.165) is 25.0 Å². The molecule has 0 atom stereocenters. The topological polar surface area (TPSA) is 126 Å². The molecular formula is C18H18F4N4O5S. The third-order valence-electron chi connectivity index (χ3n) is 5.09. The normalized spacial score (nSPS) is 18.9. The SMILES string of the molecule is CCS(=O)(=O)c1c(C(=O)Nc2cc3c(cc2N)OC(F)(F)C(F)(F)O3)nc(C2CC2)n1C. The van der Waals surface area contributed by atoms with Crippen LogP contribution in [-0.4, -0.2) is 41.8 Å². The zero-order chi connectivity index (χ0) is 23.6. The lowest BCUT2D eigenvalue weighted by molar-refractivity contribution is -0.391. The Morgan fingerprint density at radius 3 is 2.31 bits per heavy atom. The fourth-order valence-corrected chi connectivity index (χ4v) is 4.48. The van der Waals surface area contributed by atoms with Gasteiger partial charge in [-0.05, 0) is 12.8 Å². The number of carbonyl (C=O) groups is 1. The van der Waals surface area contributed by atoms with Crippen LogP contribution < -0.4 is 20.5 Å². The molecule has 1 aliphatic heterocycles. The van der Waals surface area contributed by atoms with Crippen LogP contribution in [0.4, 0.5) is 28.9 Å². The second-order valence-electron chi connectivity index (χ2n) is 7.44. The van der Waals surface area contributed by atoms with E-state index in [2.05, 4.69) is 19.8 Å². The van der Waals surface area contributed by atoms with Gasteiger partial charge in [0.05, 0.1) is 17.1 Å². The van der Waals surface area contributed by atoms with Gasteiger partial charge in [0.25, 0.3) is 5.91 Å². The highest BCUT2D eigenvalue weighted by Gasteiger charge is 2.66. The highest BCUT2D eigenvalue weighted by Crippen LogP contribution is 2.49. The number of rotatable bonds is 5. The van der Waals surface area contributed by atoms with Crippen molar-refractivity contribution >= 4 is 27.1 Å². The Bertz CT molecular complexity index is 1220. The largest absolute Gasteiger partial charge is 0.507 e. The van der Waals surface area contributed by atoms with Gasteiger partial charge in [0.1, 0.15) is 5.82 Å². The van der Waals surface area contributed by atoms with Gasteiger partial charge in [0.2, 0.25) is 0 Å². The van der Waals surface area contributed by atoms with Crippen molar-refractivity contribution in [2.75, 3.05) is 16.8 Å². The van der Waals surface area contributed by atoms with E-state index in [1.54, 1.807) is 0 Å². The Labute approximate surface area is 179 Å². The van der Waals surface area contributed by atoms with Crippen LogP contribution in [0.2, 0.25) is 0 Å². The Kier molecular flexibility index (Phi) is 4.84. The van der Waals surface area contributed by atoms with E-state index in [1.807, 2.05) is 0 Å². The van der Waals surface area contributed by atoms with Crippen LogP contribution >= 0.6 is 0 Å². The average molecular weight is 478 g/mol. The summed E-state index contributed by atoms with van der Waals surface area (Å²) in [5.74, 6) is -2.34. The van der Waals surface area contributed by atoms with Crippen molar-refractivity contribution in [2.24, 2.45) is 7.05 Å². The number of halogens is 4. The van der Waals surface area contributed by atoms with Crippen LogP contribution in [0.5, 0.6) is 11.5 Å². The molecule has 2 heterocycles. The summed E-state index contributed by atoms with van der Waals surface area (Å²) in [6.07, 6.45) is -8.29. The molecule has 1 aromatic heterocycles. The maximum atomic E-state index is 13.5. The fraction of sp³-hybridized carbons (Fsp3) is 0.444. The monoisotopic (exact) mass is 478 g/mol. The van der Waals surface area contributed by atoms with Crippen molar-refractivity contribution in [3.63, 3.8) is 0 Å². The quantitative estimate of drug-likeness (QED) is 0.500. The van der Waals surface area contributed by atoms with Gasteiger partial charge in [-0.15, -0.1) is 0 Å². The van der Waals surface area contributed by atoms with Crippen LogP contribution in [0.15, 0.2) is 17.2 Å². The number of sulfone groups is 1. The first kappa shape index (κ1) is 22.2. The second kappa shape index (κ2) is 6.98. The number of carbonyl (C=O) groups excluding carboxylic acids is 1. The number of nitrogens with zero attached hydrogens (tertiary/aromatic N) is 2. The average Bonchev–Trinajstić information content (AvgIpc) is 3.45. The lowest BCUT2D eigenvalue weighted by Crippen LogP contribution is -2.52.